The average molecular weight is 434 g/mol. The molecule has 1 unspecified atom stereocenters. The topological polar surface area (TPSA) is 66.8 Å². The van der Waals surface area contributed by atoms with Crippen molar-refractivity contribution in [2.75, 3.05) is 11.5 Å². The van der Waals surface area contributed by atoms with E-state index in [4.69, 9.17) is 16.3 Å². The molecule has 1 saturated heterocycles. The molecule has 1 heterocycles. The Hall–Kier alpha value is -3.57. The van der Waals surface area contributed by atoms with E-state index in [1.165, 1.54) is 4.90 Å². The second-order valence-corrected chi connectivity index (χ2v) is 7.45. The number of aliphatic hydroxyl groups is 1. The van der Waals surface area contributed by atoms with Gasteiger partial charge in [-0.25, -0.2) is 0 Å². The van der Waals surface area contributed by atoms with E-state index in [1.54, 1.807) is 48.5 Å². The van der Waals surface area contributed by atoms with Gasteiger partial charge in [-0.1, -0.05) is 48.0 Å². The number of benzene rings is 3. The third kappa shape index (κ3) is 3.92. The zero-order valence-corrected chi connectivity index (χ0v) is 17.5. The van der Waals surface area contributed by atoms with Gasteiger partial charge in [0.2, 0.25) is 0 Å². The van der Waals surface area contributed by atoms with Crippen LogP contribution in [0.4, 0.5) is 5.69 Å². The van der Waals surface area contributed by atoms with E-state index in [0.717, 1.165) is 0 Å². The molecule has 1 N–H and O–H groups in total. The summed E-state index contributed by atoms with van der Waals surface area (Å²) in [7, 11) is 0. The van der Waals surface area contributed by atoms with E-state index < -0.39 is 17.7 Å². The van der Waals surface area contributed by atoms with Gasteiger partial charge in [0.25, 0.3) is 11.7 Å². The van der Waals surface area contributed by atoms with Crippen molar-refractivity contribution < 1.29 is 19.4 Å². The van der Waals surface area contributed by atoms with Gasteiger partial charge in [0.05, 0.1) is 18.2 Å². The molecule has 0 radical (unpaired) electrons. The molecule has 0 bridgehead atoms. The first kappa shape index (κ1) is 20.7. The molecule has 1 aliphatic rings. The molecule has 6 heteroatoms. The van der Waals surface area contributed by atoms with Crippen LogP contribution >= 0.6 is 11.6 Å². The minimum Gasteiger partial charge on any atom is -0.507 e. The summed E-state index contributed by atoms with van der Waals surface area (Å²) in [5.74, 6) is -1.05. The van der Waals surface area contributed by atoms with Crippen LogP contribution in [0.3, 0.4) is 0 Å². The van der Waals surface area contributed by atoms with Crippen molar-refractivity contribution in [1.29, 1.82) is 0 Å². The van der Waals surface area contributed by atoms with Gasteiger partial charge >= 0.3 is 0 Å². The Morgan fingerprint density at radius 1 is 1.00 bits per heavy atom. The highest BCUT2D eigenvalue weighted by molar-refractivity contribution is 6.51. The monoisotopic (exact) mass is 433 g/mol. The maximum atomic E-state index is 13.1. The Morgan fingerprint density at radius 3 is 2.35 bits per heavy atom. The lowest BCUT2D eigenvalue weighted by Gasteiger charge is -2.25. The molecule has 1 atom stereocenters. The Labute approximate surface area is 185 Å². The number of anilines is 1. The molecule has 0 aliphatic carbocycles. The van der Waals surface area contributed by atoms with E-state index >= 15 is 0 Å². The van der Waals surface area contributed by atoms with Gasteiger partial charge in [-0.3, -0.25) is 14.5 Å². The fraction of sp³-hybridized carbons (Fsp3) is 0.120. The number of nitrogens with zero attached hydrogens (tertiary/aromatic N) is 1. The van der Waals surface area contributed by atoms with Crippen LogP contribution < -0.4 is 9.64 Å². The number of carbonyl (C=O) groups is 2. The fourth-order valence-electron chi connectivity index (χ4n) is 3.71. The Bertz CT molecular complexity index is 1160. The lowest BCUT2D eigenvalue weighted by Crippen LogP contribution is -2.29. The number of Topliss-reactive ketones (excluding diaryl/α,β-unsaturated/α-hetero) is 1. The van der Waals surface area contributed by atoms with Gasteiger partial charge in [0.1, 0.15) is 11.5 Å². The summed E-state index contributed by atoms with van der Waals surface area (Å²) < 4.78 is 5.44. The molecular weight excluding hydrogens is 414 g/mol. The number of carbonyl (C=O) groups excluding carboxylic acids is 2. The highest BCUT2D eigenvalue weighted by Gasteiger charge is 2.46. The van der Waals surface area contributed by atoms with Crippen LogP contribution in [0, 0.1) is 0 Å². The van der Waals surface area contributed by atoms with Crippen molar-refractivity contribution in [3.63, 3.8) is 0 Å². The molecule has 31 heavy (non-hydrogen) atoms. The SMILES string of the molecule is CCOc1ccc(/C(O)=C2\C(=O)C(=O)N(c3cccc(Cl)c3)C2c2ccccc2)cc1. The molecule has 0 saturated carbocycles. The van der Waals surface area contributed by atoms with Crippen LogP contribution in [0.2, 0.25) is 5.02 Å². The first-order chi connectivity index (χ1) is 15.0. The highest BCUT2D eigenvalue weighted by Crippen LogP contribution is 2.42. The number of rotatable bonds is 5. The van der Waals surface area contributed by atoms with Crippen LogP contribution in [0.5, 0.6) is 5.75 Å². The molecule has 5 nitrogen and oxygen atoms in total. The zero-order valence-electron chi connectivity index (χ0n) is 16.8. The molecule has 4 rings (SSSR count). The third-order valence-corrected chi connectivity index (χ3v) is 5.32. The molecule has 3 aromatic rings. The summed E-state index contributed by atoms with van der Waals surface area (Å²) in [4.78, 5) is 27.5. The van der Waals surface area contributed by atoms with Gasteiger partial charge in [-0.05, 0) is 55.0 Å². The highest BCUT2D eigenvalue weighted by atomic mass is 35.5. The van der Waals surface area contributed by atoms with E-state index in [0.29, 0.717) is 34.2 Å². The molecule has 0 aromatic heterocycles. The first-order valence-electron chi connectivity index (χ1n) is 9.86. The molecule has 1 fully saturated rings. The van der Waals surface area contributed by atoms with Crippen LogP contribution in [-0.4, -0.2) is 23.4 Å². The van der Waals surface area contributed by atoms with E-state index in [9.17, 15) is 14.7 Å². The first-order valence-corrected chi connectivity index (χ1v) is 10.2. The van der Waals surface area contributed by atoms with Crippen molar-refractivity contribution in [1.82, 2.24) is 0 Å². The van der Waals surface area contributed by atoms with Crippen LogP contribution in [-0.2, 0) is 9.59 Å². The normalized spacial score (nSPS) is 17.7. The standard InChI is InChI=1S/C25H20ClNO4/c1-2-31-20-13-11-17(12-14-20)23(28)21-22(16-7-4-3-5-8-16)27(25(30)24(21)29)19-10-6-9-18(26)15-19/h3-15,22,28H,2H2,1H3/b23-21+. The summed E-state index contributed by atoms with van der Waals surface area (Å²) in [6.45, 7) is 2.40. The predicted octanol–water partition coefficient (Wildman–Crippen LogP) is 5.37. The summed E-state index contributed by atoms with van der Waals surface area (Å²) in [5, 5.41) is 11.5. The van der Waals surface area contributed by atoms with Crippen LogP contribution in [0.1, 0.15) is 24.1 Å². The summed E-state index contributed by atoms with van der Waals surface area (Å²) >= 11 is 6.14. The summed E-state index contributed by atoms with van der Waals surface area (Å²) in [5.41, 5.74) is 1.64. The maximum Gasteiger partial charge on any atom is 0.300 e. The van der Waals surface area contributed by atoms with Crippen molar-refractivity contribution in [2.45, 2.75) is 13.0 Å². The van der Waals surface area contributed by atoms with Gasteiger partial charge in [-0.15, -0.1) is 0 Å². The van der Waals surface area contributed by atoms with E-state index in [2.05, 4.69) is 0 Å². The van der Waals surface area contributed by atoms with Crippen molar-refractivity contribution in [3.05, 3.63) is 101 Å². The molecule has 0 spiro atoms. The zero-order chi connectivity index (χ0) is 22.0. The van der Waals surface area contributed by atoms with Crippen molar-refractivity contribution in [3.8, 4) is 5.75 Å². The second kappa shape index (κ2) is 8.66. The summed E-state index contributed by atoms with van der Waals surface area (Å²) in [6, 6.07) is 21.8. The van der Waals surface area contributed by atoms with Gasteiger partial charge in [-0.2, -0.15) is 0 Å². The van der Waals surface area contributed by atoms with Crippen molar-refractivity contribution in [2.24, 2.45) is 0 Å². The molecule has 1 aliphatic heterocycles. The number of hydrogen-bond donors (Lipinski definition) is 1. The molecule has 156 valence electrons. The molecule has 1 amide bonds. The minimum atomic E-state index is -0.786. The third-order valence-electron chi connectivity index (χ3n) is 5.08. The Balaban J connectivity index is 1.88. The number of ketones is 1. The number of aliphatic hydroxyl groups excluding tert-OH is 1. The minimum absolute atomic E-state index is 0.0281. The van der Waals surface area contributed by atoms with E-state index in [1.807, 2.05) is 37.3 Å². The Kier molecular flexibility index (Phi) is 5.78. The van der Waals surface area contributed by atoms with Crippen LogP contribution in [0.25, 0.3) is 5.76 Å². The number of halogens is 1. The number of ether oxygens (including phenoxy) is 1. The quantitative estimate of drug-likeness (QED) is 0.334. The van der Waals surface area contributed by atoms with E-state index in [-0.39, 0.29) is 11.3 Å². The maximum absolute atomic E-state index is 13.1. The number of hydrogen-bond acceptors (Lipinski definition) is 4. The fourth-order valence-corrected chi connectivity index (χ4v) is 3.89. The predicted molar refractivity (Wildman–Crippen MR) is 120 cm³/mol. The number of amides is 1. The van der Waals surface area contributed by atoms with Gasteiger partial charge in [0, 0.05) is 16.3 Å². The lowest BCUT2D eigenvalue weighted by molar-refractivity contribution is -0.132. The smallest absolute Gasteiger partial charge is 0.300 e. The lowest BCUT2D eigenvalue weighted by atomic mass is 9.95. The average Bonchev–Trinajstić information content (AvgIpc) is 3.05. The second-order valence-electron chi connectivity index (χ2n) is 7.02. The van der Waals surface area contributed by atoms with Gasteiger partial charge < -0.3 is 9.84 Å². The molecule has 3 aromatic carbocycles. The summed E-state index contributed by atoms with van der Waals surface area (Å²) in [6.07, 6.45) is 0. The molecular formula is C25H20ClNO4. The van der Waals surface area contributed by atoms with Gasteiger partial charge in [0.15, 0.2) is 0 Å². The van der Waals surface area contributed by atoms with Crippen LogP contribution in [0.15, 0.2) is 84.4 Å². The largest absolute Gasteiger partial charge is 0.507 e. The Morgan fingerprint density at radius 2 is 1.71 bits per heavy atom. The van der Waals surface area contributed by atoms with Crippen molar-refractivity contribution >= 4 is 34.7 Å².